The van der Waals surface area contributed by atoms with Gasteiger partial charge in [0.25, 0.3) is 0 Å². The summed E-state index contributed by atoms with van der Waals surface area (Å²) in [5, 5.41) is 3.04. The van der Waals surface area contributed by atoms with E-state index < -0.39 is 0 Å². The molecule has 0 aromatic heterocycles. The maximum absolute atomic E-state index is 5.68. The van der Waals surface area contributed by atoms with Crippen molar-refractivity contribution in [2.45, 2.75) is 13.3 Å². The number of para-hydroxylation sites is 2. The standard InChI is InChI=1S/C14H21NO2/c1-4-9-16-13-7-5-6-8-14(13)17-11-12(2)10-15-3/h5-8,15H,2,4,9-11H2,1,3H3. The molecule has 0 amide bonds. The van der Waals surface area contributed by atoms with Gasteiger partial charge in [-0.3, -0.25) is 0 Å². The van der Waals surface area contributed by atoms with E-state index in [0.29, 0.717) is 13.2 Å². The fourth-order valence-corrected chi connectivity index (χ4v) is 1.38. The highest BCUT2D eigenvalue weighted by Gasteiger charge is 2.04. The van der Waals surface area contributed by atoms with Gasteiger partial charge in [0.15, 0.2) is 11.5 Å². The summed E-state index contributed by atoms with van der Waals surface area (Å²) >= 11 is 0. The molecular weight excluding hydrogens is 214 g/mol. The molecule has 0 heterocycles. The van der Waals surface area contributed by atoms with Gasteiger partial charge in [-0.25, -0.2) is 0 Å². The number of benzene rings is 1. The molecule has 0 saturated carbocycles. The van der Waals surface area contributed by atoms with Crippen LogP contribution in [0.3, 0.4) is 0 Å². The van der Waals surface area contributed by atoms with Crippen molar-refractivity contribution in [1.82, 2.24) is 5.32 Å². The summed E-state index contributed by atoms with van der Waals surface area (Å²) in [6.45, 7) is 7.98. The van der Waals surface area contributed by atoms with E-state index >= 15 is 0 Å². The molecule has 1 N–H and O–H groups in total. The molecule has 0 fully saturated rings. The first-order chi connectivity index (χ1) is 8.27. The smallest absolute Gasteiger partial charge is 0.161 e. The minimum absolute atomic E-state index is 0.507. The van der Waals surface area contributed by atoms with Crippen LogP contribution < -0.4 is 14.8 Å². The summed E-state index contributed by atoms with van der Waals surface area (Å²) in [6.07, 6.45) is 0.987. The monoisotopic (exact) mass is 235 g/mol. The van der Waals surface area contributed by atoms with Crippen molar-refractivity contribution in [2.75, 3.05) is 26.8 Å². The minimum Gasteiger partial charge on any atom is -0.490 e. The van der Waals surface area contributed by atoms with E-state index in [9.17, 15) is 0 Å². The number of nitrogens with one attached hydrogen (secondary N) is 1. The molecule has 0 radical (unpaired) electrons. The lowest BCUT2D eigenvalue weighted by atomic mass is 10.3. The van der Waals surface area contributed by atoms with Crippen LogP contribution in [0.1, 0.15) is 13.3 Å². The zero-order chi connectivity index (χ0) is 12.5. The van der Waals surface area contributed by atoms with Crippen molar-refractivity contribution in [2.24, 2.45) is 0 Å². The number of rotatable bonds is 8. The van der Waals surface area contributed by atoms with E-state index in [-0.39, 0.29) is 0 Å². The summed E-state index contributed by atoms with van der Waals surface area (Å²) in [4.78, 5) is 0. The quantitative estimate of drug-likeness (QED) is 0.703. The van der Waals surface area contributed by atoms with Gasteiger partial charge in [-0.15, -0.1) is 0 Å². The second-order valence-electron chi connectivity index (χ2n) is 3.86. The lowest BCUT2D eigenvalue weighted by molar-refractivity contribution is 0.280. The zero-order valence-electron chi connectivity index (χ0n) is 10.7. The molecule has 0 saturated heterocycles. The Labute approximate surface area is 103 Å². The molecule has 0 aliphatic carbocycles. The normalized spacial score (nSPS) is 10.0. The Bertz CT molecular complexity index is 350. The van der Waals surface area contributed by atoms with Crippen LogP contribution >= 0.6 is 0 Å². The van der Waals surface area contributed by atoms with Gasteiger partial charge < -0.3 is 14.8 Å². The van der Waals surface area contributed by atoms with Gasteiger partial charge in [0.2, 0.25) is 0 Å². The van der Waals surface area contributed by atoms with Crippen molar-refractivity contribution < 1.29 is 9.47 Å². The Hall–Kier alpha value is -1.48. The highest BCUT2D eigenvalue weighted by molar-refractivity contribution is 5.39. The summed E-state index contributed by atoms with van der Waals surface area (Å²) in [5.41, 5.74) is 1.01. The van der Waals surface area contributed by atoms with Crippen LogP contribution in [0.4, 0.5) is 0 Å². The average Bonchev–Trinajstić information content (AvgIpc) is 2.35. The van der Waals surface area contributed by atoms with E-state index in [1.165, 1.54) is 0 Å². The molecule has 94 valence electrons. The molecule has 0 bridgehead atoms. The van der Waals surface area contributed by atoms with Gasteiger partial charge in [0.05, 0.1) is 6.61 Å². The van der Waals surface area contributed by atoms with Crippen LogP contribution in [0.5, 0.6) is 11.5 Å². The average molecular weight is 235 g/mol. The van der Waals surface area contributed by atoms with Crippen LogP contribution in [-0.2, 0) is 0 Å². The molecule has 0 atom stereocenters. The largest absolute Gasteiger partial charge is 0.490 e. The molecule has 0 unspecified atom stereocenters. The number of hydrogen-bond acceptors (Lipinski definition) is 3. The predicted molar refractivity (Wildman–Crippen MR) is 70.8 cm³/mol. The van der Waals surface area contributed by atoms with Crippen molar-refractivity contribution in [3.05, 3.63) is 36.4 Å². The van der Waals surface area contributed by atoms with E-state index in [4.69, 9.17) is 9.47 Å². The van der Waals surface area contributed by atoms with E-state index in [2.05, 4.69) is 18.8 Å². The lowest BCUT2D eigenvalue weighted by Gasteiger charge is -2.13. The van der Waals surface area contributed by atoms with Gasteiger partial charge >= 0.3 is 0 Å². The highest BCUT2D eigenvalue weighted by atomic mass is 16.5. The third kappa shape index (κ3) is 4.91. The third-order valence-electron chi connectivity index (χ3n) is 2.17. The van der Waals surface area contributed by atoms with E-state index in [1.54, 1.807) is 0 Å². The maximum Gasteiger partial charge on any atom is 0.161 e. The summed E-state index contributed by atoms with van der Waals surface area (Å²) in [5.74, 6) is 1.57. The first-order valence-corrected chi connectivity index (χ1v) is 5.93. The SMILES string of the molecule is C=C(CNC)COc1ccccc1OCCC. The minimum atomic E-state index is 0.507. The topological polar surface area (TPSA) is 30.5 Å². The van der Waals surface area contributed by atoms with E-state index in [0.717, 1.165) is 30.0 Å². The van der Waals surface area contributed by atoms with Crippen molar-refractivity contribution >= 4 is 0 Å². The molecule has 0 aliphatic rings. The fraction of sp³-hybridized carbons (Fsp3) is 0.429. The number of likely N-dealkylation sites (N-methyl/N-ethyl adjacent to an activating group) is 1. The van der Waals surface area contributed by atoms with Crippen LogP contribution in [0.25, 0.3) is 0 Å². The Morgan fingerprint density at radius 2 is 1.88 bits per heavy atom. The first-order valence-electron chi connectivity index (χ1n) is 5.93. The Balaban J connectivity index is 2.54. The molecule has 17 heavy (non-hydrogen) atoms. The van der Waals surface area contributed by atoms with Crippen LogP contribution in [0.2, 0.25) is 0 Å². The third-order valence-corrected chi connectivity index (χ3v) is 2.17. The Morgan fingerprint density at radius 3 is 2.47 bits per heavy atom. The van der Waals surface area contributed by atoms with Crippen molar-refractivity contribution in [3.8, 4) is 11.5 Å². The summed E-state index contributed by atoms with van der Waals surface area (Å²) in [7, 11) is 1.89. The summed E-state index contributed by atoms with van der Waals surface area (Å²) < 4.78 is 11.3. The van der Waals surface area contributed by atoms with Gasteiger partial charge in [-0.05, 0) is 31.2 Å². The van der Waals surface area contributed by atoms with Crippen molar-refractivity contribution in [3.63, 3.8) is 0 Å². The van der Waals surface area contributed by atoms with E-state index in [1.807, 2.05) is 31.3 Å². The van der Waals surface area contributed by atoms with Gasteiger partial charge in [0, 0.05) is 6.54 Å². The van der Waals surface area contributed by atoms with Crippen molar-refractivity contribution in [1.29, 1.82) is 0 Å². The zero-order valence-corrected chi connectivity index (χ0v) is 10.7. The van der Waals surface area contributed by atoms with Crippen LogP contribution in [0, 0.1) is 0 Å². The molecule has 1 aromatic rings. The fourth-order valence-electron chi connectivity index (χ4n) is 1.38. The van der Waals surface area contributed by atoms with Gasteiger partial charge in [0.1, 0.15) is 6.61 Å². The van der Waals surface area contributed by atoms with Crippen LogP contribution in [-0.4, -0.2) is 26.8 Å². The molecule has 1 rings (SSSR count). The first kappa shape index (κ1) is 13.6. The molecular formula is C14H21NO2. The van der Waals surface area contributed by atoms with Crippen LogP contribution in [0.15, 0.2) is 36.4 Å². The molecule has 3 nitrogen and oxygen atoms in total. The Kier molecular flexibility index (Phi) is 6.18. The predicted octanol–water partition coefficient (Wildman–Crippen LogP) is 2.63. The van der Waals surface area contributed by atoms with Gasteiger partial charge in [-0.1, -0.05) is 25.6 Å². The summed E-state index contributed by atoms with van der Waals surface area (Å²) in [6, 6.07) is 7.72. The number of ether oxygens (including phenoxy) is 2. The molecule has 0 spiro atoms. The Morgan fingerprint density at radius 1 is 1.24 bits per heavy atom. The second kappa shape index (κ2) is 7.74. The van der Waals surface area contributed by atoms with Gasteiger partial charge in [-0.2, -0.15) is 0 Å². The molecule has 3 heteroatoms. The molecule has 1 aromatic carbocycles. The number of hydrogen-bond donors (Lipinski definition) is 1. The lowest BCUT2D eigenvalue weighted by Crippen LogP contribution is -2.14. The highest BCUT2D eigenvalue weighted by Crippen LogP contribution is 2.26. The maximum atomic E-state index is 5.68. The molecule has 0 aliphatic heterocycles. The second-order valence-corrected chi connectivity index (χ2v) is 3.86.